The van der Waals surface area contributed by atoms with E-state index in [4.69, 9.17) is 10.5 Å². The third-order valence-corrected chi connectivity index (χ3v) is 3.24. The number of hydrogen-bond donors (Lipinski definition) is 3. The summed E-state index contributed by atoms with van der Waals surface area (Å²) in [6.07, 6.45) is 1.37. The van der Waals surface area contributed by atoms with Crippen molar-refractivity contribution in [2.24, 2.45) is 5.73 Å². The van der Waals surface area contributed by atoms with E-state index in [1.807, 2.05) is 18.2 Å². The Balaban J connectivity index is 1.69. The molecule has 4 N–H and O–H groups in total. The summed E-state index contributed by atoms with van der Waals surface area (Å²) in [6, 6.07) is 8.90. The molecule has 1 saturated heterocycles. The predicted octanol–water partition coefficient (Wildman–Crippen LogP) is -0.212. The quantitative estimate of drug-likeness (QED) is 0.694. The van der Waals surface area contributed by atoms with E-state index in [0.29, 0.717) is 18.7 Å². The lowest BCUT2D eigenvalue weighted by Gasteiger charge is -2.28. The van der Waals surface area contributed by atoms with Crippen LogP contribution in [0.15, 0.2) is 30.3 Å². The van der Waals surface area contributed by atoms with Gasteiger partial charge in [-0.2, -0.15) is 0 Å². The minimum atomic E-state index is -0.345. The second kappa shape index (κ2) is 6.91. The fourth-order valence-electron chi connectivity index (χ4n) is 2.16. The number of amides is 2. The van der Waals surface area contributed by atoms with Gasteiger partial charge in [-0.3, -0.25) is 9.59 Å². The van der Waals surface area contributed by atoms with Gasteiger partial charge in [0.2, 0.25) is 5.91 Å². The van der Waals surface area contributed by atoms with Gasteiger partial charge in [0.1, 0.15) is 5.75 Å². The number of hydrogen-bond acceptors (Lipinski definition) is 4. The minimum absolute atomic E-state index is 0.0115. The van der Waals surface area contributed by atoms with Crippen LogP contribution in [0, 0.1) is 0 Å². The van der Waals surface area contributed by atoms with Gasteiger partial charge in [0, 0.05) is 12.6 Å². The molecule has 2 atom stereocenters. The fourth-order valence-corrected chi connectivity index (χ4v) is 2.16. The van der Waals surface area contributed by atoms with E-state index in [-0.39, 0.29) is 30.5 Å². The number of nitrogens with two attached hydrogens (primary N) is 1. The van der Waals surface area contributed by atoms with Crippen LogP contribution in [0.25, 0.3) is 0 Å². The summed E-state index contributed by atoms with van der Waals surface area (Å²) in [6.45, 7) is 0.532. The molecular formula is C14H19N3O3. The largest absolute Gasteiger partial charge is 0.484 e. The third kappa shape index (κ3) is 4.24. The standard InChI is InChI=1S/C14H19N3O3/c15-14(19)12-7-6-10(8-16-12)17-13(18)9-20-11-4-2-1-3-5-11/h1-5,10,12,16H,6-9H2,(H2,15,19)(H,17,18). The van der Waals surface area contributed by atoms with Gasteiger partial charge >= 0.3 is 0 Å². The Morgan fingerprint density at radius 2 is 2.05 bits per heavy atom. The van der Waals surface area contributed by atoms with Crippen LogP contribution in [0.5, 0.6) is 5.75 Å². The van der Waals surface area contributed by atoms with Crippen molar-refractivity contribution in [1.29, 1.82) is 0 Å². The average Bonchev–Trinajstić information content (AvgIpc) is 2.47. The molecular weight excluding hydrogens is 258 g/mol. The Hall–Kier alpha value is -2.08. The molecule has 1 aromatic carbocycles. The van der Waals surface area contributed by atoms with Crippen molar-refractivity contribution in [3.05, 3.63) is 30.3 Å². The first-order chi connectivity index (χ1) is 9.65. The van der Waals surface area contributed by atoms with Crippen molar-refractivity contribution in [3.8, 4) is 5.75 Å². The molecule has 0 spiro atoms. The molecule has 0 bridgehead atoms. The Morgan fingerprint density at radius 3 is 2.65 bits per heavy atom. The molecule has 1 fully saturated rings. The van der Waals surface area contributed by atoms with Gasteiger partial charge in [-0.05, 0) is 25.0 Å². The van der Waals surface area contributed by atoms with Crippen LogP contribution in [0.4, 0.5) is 0 Å². The second-order valence-electron chi connectivity index (χ2n) is 4.81. The number of nitrogens with one attached hydrogen (secondary N) is 2. The number of benzene rings is 1. The highest BCUT2D eigenvalue weighted by Gasteiger charge is 2.24. The summed E-state index contributed by atoms with van der Waals surface area (Å²) in [5.74, 6) is 0.151. The Morgan fingerprint density at radius 1 is 1.30 bits per heavy atom. The van der Waals surface area contributed by atoms with Crippen LogP contribution >= 0.6 is 0 Å². The van der Waals surface area contributed by atoms with Crippen LogP contribution in [0.2, 0.25) is 0 Å². The van der Waals surface area contributed by atoms with Gasteiger partial charge in [-0.25, -0.2) is 0 Å². The molecule has 20 heavy (non-hydrogen) atoms. The fraction of sp³-hybridized carbons (Fsp3) is 0.429. The monoisotopic (exact) mass is 277 g/mol. The Kier molecular flexibility index (Phi) is 4.95. The minimum Gasteiger partial charge on any atom is -0.484 e. The average molecular weight is 277 g/mol. The van der Waals surface area contributed by atoms with Crippen molar-refractivity contribution in [1.82, 2.24) is 10.6 Å². The normalized spacial score (nSPS) is 22.0. The van der Waals surface area contributed by atoms with Gasteiger partial charge < -0.3 is 21.1 Å². The first kappa shape index (κ1) is 14.3. The van der Waals surface area contributed by atoms with Crippen LogP contribution < -0.4 is 21.1 Å². The van der Waals surface area contributed by atoms with E-state index in [0.717, 1.165) is 6.42 Å². The van der Waals surface area contributed by atoms with Gasteiger partial charge in [0.05, 0.1) is 6.04 Å². The van der Waals surface area contributed by atoms with E-state index >= 15 is 0 Å². The van der Waals surface area contributed by atoms with Crippen molar-refractivity contribution in [2.75, 3.05) is 13.2 Å². The Labute approximate surface area is 117 Å². The molecule has 6 heteroatoms. The van der Waals surface area contributed by atoms with E-state index in [1.54, 1.807) is 12.1 Å². The molecule has 2 unspecified atom stereocenters. The summed E-state index contributed by atoms with van der Waals surface area (Å²) in [5, 5.41) is 5.89. The Bertz CT molecular complexity index is 456. The molecule has 0 aliphatic carbocycles. The van der Waals surface area contributed by atoms with Gasteiger partial charge in [-0.15, -0.1) is 0 Å². The maximum Gasteiger partial charge on any atom is 0.258 e. The molecule has 108 valence electrons. The van der Waals surface area contributed by atoms with Crippen LogP contribution in [0.1, 0.15) is 12.8 Å². The van der Waals surface area contributed by atoms with Crippen LogP contribution in [-0.2, 0) is 9.59 Å². The number of para-hydroxylation sites is 1. The maximum absolute atomic E-state index is 11.7. The van der Waals surface area contributed by atoms with Crippen LogP contribution in [0.3, 0.4) is 0 Å². The van der Waals surface area contributed by atoms with Crippen molar-refractivity contribution < 1.29 is 14.3 Å². The van der Waals surface area contributed by atoms with Crippen molar-refractivity contribution in [3.63, 3.8) is 0 Å². The highest BCUT2D eigenvalue weighted by Crippen LogP contribution is 2.09. The molecule has 1 aromatic rings. The molecule has 6 nitrogen and oxygen atoms in total. The number of rotatable bonds is 5. The van der Waals surface area contributed by atoms with Crippen molar-refractivity contribution in [2.45, 2.75) is 24.9 Å². The number of piperidine rings is 1. The van der Waals surface area contributed by atoms with E-state index in [2.05, 4.69) is 10.6 Å². The lowest BCUT2D eigenvalue weighted by Crippen LogP contribution is -2.54. The lowest BCUT2D eigenvalue weighted by molar-refractivity contribution is -0.124. The number of primary amides is 1. The molecule has 1 aliphatic heterocycles. The predicted molar refractivity (Wildman–Crippen MR) is 74.1 cm³/mol. The first-order valence-corrected chi connectivity index (χ1v) is 6.65. The smallest absolute Gasteiger partial charge is 0.258 e. The summed E-state index contributed by atoms with van der Waals surface area (Å²) < 4.78 is 5.36. The second-order valence-corrected chi connectivity index (χ2v) is 4.81. The zero-order valence-electron chi connectivity index (χ0n) is 11.2. The number of ether oxygens (including phenoxy) is 1. The topological polar surface area (TPSA) is 93.5 Å². The molecule has 1 heterocycles. The first-order valence-electron chi connectivity index (χ1n) is 6.65. The lowest BCUT2D eigenvalue weighted by atomic mass is 10.0. The van der Waals surface area contributed by atoms with Gasteiger partial charge in [0.25, 0.3) is 5.91 Å². The maximum atomic E-state index is 11.7. The summed E-state index contributed by atoms with van der Waals surface area (Å²) >= 11 is 0. The number of carbonyl (C=O) groups is 2. The summed E-state index contributed by atoms with van der Waals surface area (Å²) in [4.78, 5) is 22.7. The number of carbonyl (C=O) groups excluding carboxylic acids is 2. The van der Waals surface area contributed by atoms with Crippen LogP contribution in [-0.4, -0.2) is 37.0 Å². The van der Waals surface area contributed by atoms with Gasteiger partial charge in [0.15, 0.2) is 6.61 Å². The van der Waals surface area contributed by atoms with E-state index in [9.17, 15) is 9.59 Å². The zero-order chi connectivity index (χ0) is 14.4. The van der Waals surface area contributed by atoms with Gasteiger partial charge in [-0.1, -0.05) is 18.2 Å². The summed E-state index contributed by atoms with van der Waals surface area (Å²) in [7, 11) is 0. The van der Waals surface area contributed by atoms with Crippen molar-refractivity contribution >= 4 is 11.8 Å². The highest BCUT2D eigenvalue weighted by molar-refractivity contribution is 5.80. The zero-order valence-corrected chi connectivity index (χ0v) is 11.2. The molecule has 0 radical (unpaired) electrons. The molecule has 2 rings (SSSR count). The summed E-state index contributed by atoms with van der Waals surface area (Å²) in [5.41, 5.74) is 5.22. The molecule has 0 saturated carbocycles. The molecule has 2 amide bonds. The highest BCUT2D eigenvalue weighted by atomic mass is 16.5. The molecule has 1 aliphatic rings. The SMILES string of the molecule is NC(=O)C1CCC(NC(=O)COc2ccccc2)CN1. The third-order valence-electron chi connectivity index (χ3n) is 3.24. The molecule has 0 aromatic heterocycles. The van der Waals surface area contributed by atoms with E-state index < -0.39 is 0 Å². The van der Waals surface area contributed by atoms with E-state index in [1.165, 1.54) is 0 Å².